The third kappa shape index (κ3) is 5.34. The first kappa shape index (κ1) is 20.5. The van der Waals surface area contributed by atoms with Crippen LogP contribution in [0, 0.1) is 0 Å². The van der Waals surface area contributed by atoms with Crippen LogP contribution in [0.5, 0.6) is 11.5 Å². The van der Waals surface area contributed by atoms with E-state index in [1.54, 1.807) is 6.92 Å². The fraction of sp³-hybridized carbons (Fsp3) is 0.375. The summed E-state index contributed by atoms with van der Waals surface area (Å²) < 4.78 is 54.0. The van der Waals surface area contributed by atoms with Crippen molar-refractivity contribution >= 4 is 5.97 Å². The van der Waals surface area contributed by atoms with Gasteiger partial charge in [0.05, 0.1) is 18.4 Å². The molecule has 148 valence electrons. The van der Waals surface area contributed by atoms with Crippen LogP contribution in [-0.4, -0.2) is 51.1 Å². The second kappa shape index (κ2) is 8.73. The number of aromatic nitrogens is 2. The largest absolute Gasteiger partial charge is 0.471 e. The number of aliphatic hydroxyl groups is 2. The molecule has 0 fully saturated rings. The van der Waals surface area contributed by atoms with Crippen molar-refractivity contribution in [1.29, 1.82) is 0 Å². The van der Waals surface area contributed by atoms with E-state index >= 15 is 0 Å². The Balaban J connectivity index is 1.90. The van der Waals surface area contributed by atoms with Crippen molar-refractivity contribution in [3.8, 4) is 11.5 Å². The Labute approximate surface area is 151 Å². The topological polar surface area (TPSA) is 103 Å². The number of carbonyl (C=O) groups is 1. The van der Waals surface area contributed by atoms with Crippen molar-refractivity contribution in [2.45, 2.75) is 32.2 Å². The number of hydrogen-bond acceptors (Lipinski definition) is 7. The summed E-state index contributed by atoms with van der Waals surface area (Å²) in [7, 11) is 0. The molecule has 0 spiro atoms. The number of carbonyl (C=O) groups excluding carboxylic acids is 1. The molecule has 0 bridgehead atoms. The van der Waals surface area contributed by atoms with E-state index in [1.165, 1.54) is 41.3 Å². The van der Waals surface area contributed by atoms with Crippen molar-refractivity contribution in [2.24, 2.45) is 0 Å². The summed E-state index contributed by atoms with van der Waals surface area (Å²) in [6.07, 6.45) is -4.05. The lowest BCUT2D eigenvalue weighted by atomic mass is 10.3. The van der Waals surface area contributed by atoms with Gasteiger partial charge in [-0.1, -0.05) is 0 Å². The maximum atomic E-state index is 13.4. The van der Waals surface area contributed by atoms with Crippen LogP contribution in [-0.2, 0) is 11.5 Å². The Morgan fingerprint density at radius 1 is 1.22 bits per heavy atom. The van der Waals surface area contributed by atoms with Gasteiger partial charge in [0.1, 0.15) is 11.5 Å². The minimum Gasteiger partial charge on any atom is -0.471 e. The van der Waals surface area contributed by atoms with Gasteiger partial charge in [0, 0.05) is 6.20 Å². The first-order chi connectivity index (χ1) is 12.7. The van der Waals surface area contributed by atoms with E-state index < -0.39 is 24.5 Å². The highest BCUT2D eigenvalue weighted by atomic mass is 19.3. The van der Waals surface area contributed by atoms with Crippen molar-refractivity contribution < 1.29 is 42.4 Å². The van der Waals surface area contributed by atoms with Gasteiger partial charge in [0.25, 0.3) is 18.6 Å². The Kier molecular flexibility index (Phi) is 6.64. The van der Waals surface area contributed by atoms with Gasteiger partial charge in [0.15, 0.2) is 6.73 Å². The van der Waals surface area contributed by atoms with Crippen molar-refractivity contribution in [1.82, 2.24) is 9.78 Å². The van der Waals surface area contributed by atoms with Gasteiger partial charge in [-0.05, 0) is 31.2 Å². The summed E-state index contributed by atoms with van der Waals surface area (Å²) in [4.78, 5) is 11.5. The molecule has 1 aromatic heterocycles. The molecule has 11 heteroatoms. The summed E-state index contributed by atoms with van der Waals surface area (Å²) in [5, 5.41) is 21.7. The van der Waals surface area contributed by atoms with Crippen LogP contribution in [0.1, 0.15) is 17.3 Å². The molecule has 0 saturated heterocycles. The molecule has 0 aliphatic carbocycles. The molecule has 1 aromatic carbocycles. The van der Waals surface area contributed by atoms with Crippen molar-refractivity contribution in [2.75, 3.05) is 6.61 Å². The van der Waals surface area contributed by atoms with Crippen LogP contribution in [0.15, 0.2) is 36.7 Å². The van der Waals surface area contributed by atoms with Gasteiger partial charge in [0.2, 0.25) is 0 Å². The molecule has 0 amide bonds. The fourth-order valence-corrected chi connectivity index (χ4v) is 1.81. The lowest BCUT2D eigenvalue weighted by Gasteiger charge is -2.24. The Hall–Kier alpha value is -2.79. The second-order valence-corrected chi connectivity index (χ2v) is 5.25. The van der Waals surface area contributed by atoms with Crippen molar-refractivity contribution in [3.05, 3.63) is 42.2 Å². The smallest absolute Gasteiger partial charge is 0.341 e. The molecule has 27 heavy (non-hydrogen) atoms. The number of rotatable bonds is 9. The standard InChI is InChI=1S/C16H17F3N2O6/c1-2-25-13(22)10-7-20-21(8-10)9-26-11-3-5-12(6-4-11)27-15(19)16(23,24)14(17)18/h3-8,14-15,23-24H,2,9H2,1H3. The number of benzene rings is 1. The maximum Gasteiger partial charge on any atom is 0.341 e. The third-order valence-corrected chi connectivity index (χ3v) is 3.23. The molecular formula is C16H17F3N2O6. The lowest BCUT2D eigenvalue weighted by Crippen LogP contribution is -2.49. The summed E-state index contributed by atoms with van der Waals surface area (Å²) in [6, 6.07) is 5.07. The van der Waals surface area contributed by atoms with Gasteiger partial charge in [-0.15, -0.1) is 0 Å². The van der Waals surface area contributed by atoms with Crippen LogP contribution in [0.25, 0.3) is 0 Å². The van der Waals surface area contributed by atoms with Crippen molar-refractivity contribution in [3.63, 3.8) is 0 Å². The number of ether oxygens (including phenoxy) is 3. The first-order valence-corrected chi connectivity index (χ1v) is 7.70. The predicted molar refractivity (Wildman–Crippen MR) is 84.0 cm³/mol. The van der Waals surface area contributed by atoms with E-state index in [0.717, 1.165) is 0 Å². The molecule has 2 aromatic rings. The van der Waals surface area contributed by atoms with E-state index in [9.17, 15) is 18.0 Å². The fourth-order valence-electron chi connectivity index (χ4n) is 1.81. The van der Waals surface area contributed by atoms with Gasteiger partial charge in [-0.25, -0.2) is 18.3 Å². The molecular weight excluding hydrogens is 373 g/mol. The summed E-state index contributed by atoms with van der Waals surface area (Å²) >= 11 is 0. The molecule has 0 aliphatic rings. The first-order valence-electron chi connectivity index (χ1n) is 7.70. The van der Waals surface area contributed by atoms with Crippen LogP contribution < -0.4 is 9.47 Å². The van der Waals surface area contributed by atoms with Crippen LogP contribution in [0.4, 0.5) is 13.2 Å². The quantitative estimate of drug-likeness (QED) is 0.496. The SMILES string of the molecule is CCOC(=O)c1cnn(COc2ccc(OC(F)C(O)(O)C(F)F)cc2)c1. The molecule has 0 radical (unpaired) electrons. The van der Waals surface area contributed by atoms with Crippen LogP contribution in [0.3, 0.4) is 0 Å². The number of alkyl halides is 3. The monoisotopic (exact) mass is 390 g/mol. The van der Waals surface area contributed by atoms with E-state index in [0.29, 0.717) is 5.75 Å². The number of hydrogen-bond donors (Lipinski definition) is 2. The number of nitrogens with zero attached hydrogens (tertiary/aromatic N) is 2. The van der Waals surface area contributed by atoms with Gasteiger partial charge >= 0.3 is 5.97 Å². The number of esters is 1. The zero-order valence-corrected chi connectivity index (χ0v) is 14.1. The average Bonchev–Trinajstić information content (AvgIpc) is 3.10. The molecule has 1 heterocycles. The molecule has 8 nitrogen and oxygen atoms in total. The van der Waals surface area contributed by atoms with E-state index in [4.69, 9.17) is 19.7 Å². The number of halogens is 3. The normalized spacial score (nSPS) is 12.7. The predicted octanol–water partition coefficient (Wildman–Crippen LogP) is 1.72. The Morgan fingerprint density at radius 2 is 1.85 bits per heavy atom. The molecule has 2 N–H and O–H groups in total. The second-order valence-electron chi connectivity index (χ2n) is 5.25. The molecule has 1 atom stereocenters. The van der Waals surface area contributed by atoms with Gasteiger partial charge in [-0.2, -0.15) is 9.49 Å². The Morgan fingerprint density at radius 3 is 2.44 bits per heavy atom. The Bertz CT molecular complexity index is 751. The molecule has 2 rings (SSSR count). The molecule has 0 saturated carbocycles. The van der Waals surface area contributed by atoms with E-state index in [1.807, 2.05) is 0 Å². The summed E-state index contributed by atoms with van der Waals surface area (Å²) in [5.74, 6) is -4.35. The summed E-state index contributed by atoms with van der Waals surface area (Å²) in [6.45, 7) is 1.87. The zero-order chi connectivity index (χ0) is 20.0. The molecule has 0 aliphatic heterocycles. The molecule has 1 unspecified atom stereocenters. The van der Waals surface area contributed by atoms with Gasteiger partial charge in [-0.3, -0.25) is 0 Å². The minimum atomic E-state index is -3.92. The maximum absolute atomic E-state index is 13.4. The zero-order valence-electron chi connectivity index (χ0n) is 14.1. The highest BCUT2D eigenvalue weighted by Gasteiger charge is 2.46. The van der Waals surface area contributed by atoms with Crippen LogP contribution >= 0.6 is 0 Å². The van der Waals surface area contributed by atoms with Crippen LogP contribution in [0.2, 0.25) is 0 Å². The van der Waals surface area contributed by atoms with E-state index in [-0.39, 0.29) is 24.7 Å². The summed E-state index contributed by atoms with van der Waals surface area (Å²) in [5.41, 5.74) is 0.258. The lowest BCUT2D eigenvalue weighted by molar-refractivity contribution is -0.308. The van der Waals surface area contributed by atoms with E-state index in [2.05, 4.69) is 9.84 Å². The highest BCUT2D eigenvalue weighted by Crippen LogP contribution is 2.25. The minimum absolute atomic E-state index is 0.0485. The average molecular weight is 390 g/mol. The highest BCUT2D eigenvalue weighted by molar-refractivity contribution is 5.88. The third-order valence-electron chi connectivity index (χ3n) is 3.23. The van der Waals surface area contributed by atoms with Gasteiger partial charge < -0.3 is 24.4 Å².